The van der Waals surface area contributed by atoms with Gasteiger partial charge in [-0.2, -0.15) is 13.2 Å². The summed E-state index contributed by atoms with van der Waals surface area (Å²) in [6.45, 7) is 4.31. The summed E-state index contributed by atoms with van der Waals surface area (Å²) in [5, 5.41) is 5.68. The molecule has 21 heavy (non-hydrogen) atoms. The van der Waals surface area contributed by atoms with Crippen molar-refractivity contribution in [2.24, 2.45) is 0 Å². The molecule has 0 saturated heterocycles. The third-order valence-corrected chi connectivity index (χ3v) is 3.19. The van der Waals surface area contributed by atoms with Crippen LogP contribution < -0.4 is 10.6 Å². The molecule has 0 bridgehead atoms. The zero-order chi connectivity index (χ0) is 15.9. The van der Waals surface area contributed by atoms with E-state index >= 15 is 0 Å². The average molecular weight is 302 g/mol. The fourth-order valence-electron chi connectivity index (χ4n) is 1.83. The van der Waals surface area contributed by atoms with Crippen LogP contribution >= 0.6 is 0 Å². The lowest BCUT2D eigenvalue weighted by Crippen LogP contribution is -2.34. The number of hydrogen-bond acceptors (Lipinski definition) is 2. The fourth-order valence-corrected chi connectivity index (χ4v) is 1.83. The van der Waals surface area contributed by atoms with Gasteiger partial charge in [0, 0.05) is 25.6 Å². The molecule has 0 radical (unpaired) electrons. The summed E-state index contributed by atoms with van der Waals surface area (Å²) in [7, 11) is 0. The molecule has 1 amide bonds. The lowest BCUT2D eigenvalue weighted by Gasteiger charge is -2.14. The Morgan fingerprint density at radius 1 is 1.29 bits per heavy atom. The summed E-state index contributed by atoms with van der Waals surface area (Å²) in [6.07, 6.45) is -3.26. The SMILES string of the molecule is CCC(C)NC(=O)CCNCc1ccccc1C(F)(F)F. The number of halogens is 3. The fraction of sp³-hybridized carbons (Fsp3) is 0.533. The first kappa shape index (κ1) is 17.5. The first-order valence-corrected chi connectivity index (χ1v) is 6.99. The van der Waals surface area contributed by atoms with Crippen LogP contribution in [0.15, 0.2) is 24.3 Å². The van der Waals surface area contributed by atoms with E-state index in [0.717, 1.165) is 12.5 Å². The highest BCUT2D eigenvalue weighted by atomic mass is 19.4. The number of nitrogens with one attached hydrogen (secondary N) is 2. The molecule has 1 atom stereocenters. The Bertz CT molecular complexity index is 460. The minimum absolute atomic E-state index is 0.0896. The van der Waals surface area contributed by atoms with Gasteiger partial charge in [0.15, 0.2) is 0 Å². The Hall–Kier alpha value is -1.56. The smallest absolute Gasteiger partial charge is 0.354 e. The van der Waals surface area contributed by atoms with Crippen molar-refractivity contribution < 1.29 is 18.0 Å². The minimum atomic E-state index is -4.35. The molecule has 1 rings (SSSR count). The quantitative estimate of drug-likeness (QED) is 0.760. The number of hydrogen-bond donors (Lipinski definition) is 2. The maximum Gasteiger partial charge on any atom is 0.416 e. The van der Waals surface area contributed by atoms with Crippen LogP contribution in [0.2, 0.25) is 0 Å². The zero-order valence-electron chi connectivity index (χ0n) is 12.3. The summed E-state index contributed by atoms with van der Waals surface area (Å²) in [5.41, 5.74) is -0.450. The molecule has 0 aliphatic heterocycles. The third kappa shape index (κ3) is 6.16. The molecular weight excluding hydrogens is 281 g/mol. The van der Waals surface area contributed by atoms with Crippen LogP contribution in [0, 0.1) is 0 Å². The molecule has 3 nitrogen and oxygen atoms in total. The molecule has 1 unspecified atom stereocenters. The highest BCUT2D eigenvalue weighted by Gasteiger charge is 2.32. The van der Waals surface area contributed by atoms with Crippen molar-refractivity contribution >= 4 is 5.91 Å². The lowest BCUT2D eigenvalue weighted by molar-refractivity contribution is -0.138. The molecule has 0 fully saturated rings. The normalized spacial score (nSPS) is 13.0. The van der Waals surface area contributed by atoms with Gasteiger partial charge in [0.25, 0.3) is 0 Å². The highest BCUT2D eigenvalue weighted by Crippen LogP contribution is 2.31. The molecule has 0 aliphatic rings. The molecule has 118 valence electrons. The van der Waals surface area contributed by atoms with Gasteiger partial charge < -0.3 is 10.6 Å². The first-order chi connectivity index (χ1) is 9.84. The Balaban J connectivity index is 2.42. The Kier molecular flexibility index (Phi) is 6.68. The van der Waals surface area contributed by atoms with Crippen LogP contribution in [-0.4, -0.2) is 18.5 Å². The number of amides is 1. The standard InChI is InChI=1S/C15H21F3N2O/c1-3-11(2)20-14(21)8-9-19-10-12-6-4-5-7-13(12)15(16,17)18/h4-7,11,19H,3,8-10H2,1-2H3,(H,20,21). The number of benzene rings is 1. The Labute approximate surface area is 122 Å². The summed E-state index contributed by atoms with van der Waals surface area (Å²) in [4.78, 5) is 11.5. The second kappa shape index (κ2) is 8.02. The Morgan fingerprint density at radius 3 is 2.57 bits per heavy atom. The van der Waals surface area contributed by atoms with Crippen molar-refractivity contribution in [2.45, 2.75) is 45.5 Å². The van der Waals surface area contributed by atoms with Gasteiger partial charge in [0.1, 0.15) is 0 Å². The van der Waals surface area contributed by atoms with Gasteiger partial charge in [-0.25, -0.2) is 0 Å². The van der Waals surface area contributed by atoms with E-state index in [9.17, 15) is 18.0 Å². The summed E-state index contributed by atoms with van der Waals surface area (Å²) >= 11 is 0. The predicted octanol–water partition coefficient (Wildman–Crippen LogP) is 3.10. The second-order valence-corrected chi connectivity index (χ2v) is 4.96. The number of alkyl halides is 3. The van der Waals surface area contributed by atoms with Gasteiger partial charge in [-0.3, -0.25) is 4.79 Å². The van der Waals surface area contributed by atoms with Crippen LogP contribution in [0.3, 0.4) is 0 Å². The number of carbonyl (C=O) groups excluding carboxylic acids is 1. The number of carbonyl (C=O) groups is 1. The maximum atomic E-state index is 12.8. The predicted molar refractivity (Wildman–Crippen MR) is 75.7 cm³/mol. The summed E-state index contributed by atoms with van der Waals surface area (Å²) in [5.74, 6) is -0.0963. The van der Waals surface area contributed by atoms with Crippen LogP contribution in [0.25, 0.3) is 0 Å². The molecule has 6 heteroatoms. The largest absolute Gasteiger partial charge is 0.416 e. The van der Waals surface area contributed by atoms with Crippen LogP contribution in [0.4, 0.5) is 13.2 Å². The van der Waals surface area contributed by atoms with E-state index in [1.54, 1.807) is 6.07 Å². The molecular formula is C15H21F3N2O. The van der Waals surface area contributed by atoms with Gasteiger partial charge in [-0.05, 0) is 25.0 Å². The first-order valence-electron chi connectivity index (χ1n) is 6.99. The van der Waals surface area contributed by atoms with Crippen molar-refractivity contribution in [3.05, 3.63) is 35.4 Å². The van der Waals surface area contributed by atoms with Crippen molar-refractivity contribution in [3.8, 4) is 0 Å². The minimum Gasteiger partial charge on any atom is -0.354 e. The molecule has 0 saturated carbocycles. The molecule has 0 aromatic heterocycles. The molecule has 0 heterocycles. The van der Waals surface area contributed by atoms with E-state index in [4.69, 9.17) is 0 Å². The summed E-state index contributed by atoms with van der Waals surface area (Å²) < 4.78 is 38.3. The van der Waals surface area contributed by atoms with Crippen molar-refractivity contribution in [2.75, 3.05) is 6.54 Å². The molecule has 0 spiro atoms. The van der Waals surface area contributed by atoms with Crippen LogP contribution in [0.1, 0.15) is 37.8 Å². The Morgan fingerprint density at radius 2 is 1.95 bits per heavy atom. The average Bonchev–Trinajstić information content (AvgIpc) is 2.42. The second-order valence-electron chi connectivity index (χ2n) is 4.96. The van der Waals surface area contributed by atoms with Crippen molar-refractivity contribution in [1.29, 1.82) is 0 Å². The van der Waals surface area contributed by atoms with E-state index in [1.807, 2.05) is 13.8 Å². The van der Waals surface area contributed by atoms with Gasteiger partial charge in [-0.15, -0.1) is 0 Å². The zero-order valence-corrected chi connectivity index (χ0v) is 12.3. The van der Waals surface area contributed by atoms with Gasteiger partial charge in [0.05, 0.1) is 5.56 Å². The van der Waals surface area contributed by atoms with E-state index in [-0.39, 0.29) is 30.5 Å². The van der Waals surface area contributed by atoms with Crippen molar-refractivity contribution in [3.63, 3.8) is 0 Å². The van der Waals surface area contributed by atoms with Gasteiger partial charge in [-0.1, -0.05) is 25.1 Å². The molecule has 1 aromatic rings. The monoisotopic (exact) mass is 302 g/mol. The molecule has 1 aromatic carbocycles. The van der Waals surface area contributed by atoms with E-state index < -0.39 is 11.7 Å². The van der Waals surface area contributed by atoms with E-state index in [1.165, 1.54) is 12.1 Å². The molecule has 2 N–H and O–H groups in total. The highest BCUT2D eigenvalue weighted by molar-refractivity contribution is 5.76. The lowest BCUT2D eigenvalue weighted by atomic mass is 10.1. The van der Waals surface area contributed by atoms with E-state index in [2.05, 4.69) is 10.6 Å². The third-order valence-electron chi connectivity index (χ3n) is 3.19. The maximum absolute atomic E-state index is 12.8. The topological polar surface area (TPSA) is 41.1 Å². The molecule has 0 aliphatic carbocycles. The van der Waals surface area contributed by atoms with Crippen molar-refractivity contribution in [1.82, 2.24) is 10.6 Å². The summed E-state index contributed by atoms with van der Waals surface area (Å²) in [6, 6.07) is 5.55. The van der Waals surface area contributed by atoms with Gasteiger partial charge in [0.2, 0.25) is 5.91 Å². The van der Waals surface area contributed by atoms with Crippen LogP contribution in [-0.2, 0) is 17.5 Å². The van der Waals surface area contributed by atoms with E-state index in [0.29, 0.717) is 6.54 Å². The van der Waals surface area contributed by atoms with Crippen LogP contribution in [0.5, 0.6) is 0 Å². The number of rotatable bonds is 7. The van der Waals surface area contributed by atoms with Gasteiger partial charge >= 0.3 is 6.18 Å².